The Morgan fingerprint density at radius 2 is 1.98 bits per heavy atom. The van der Waals surface area contributed by atoms with Gasteiger partial charge in [0, 0.05) is 42.5 Å². The molecular weight excluding hydrogens is 577 g/mol. The van der Waals surface area contributed by atoms with E-state index in [2.05, 4.69) is 64.5 Å². The first kappa shape index (κ1) is 31.5. The summed E-state index contributed by atoms with van der Waals surface area (Å²) in [6.07, 6.45) is 7.12. The molecule has 1 aliphatic rings. The fourth-order valence-electron chi connectivity index (χ4n) is 5.00. The number of hydrogen-bond acceptors (Lipinski definition) is 8. The van der Waals surface area contributed by atoms with Gasteiger partial charge in [-0.2, -0.15) is 5.10 Å². The summed E-state index contributed by atoms with van der Waals surface area (Å²) in [6, 6.07) is 11.9. The zero-order chi connectivity index (χ0) is 31.3. The van der Waals surface area contributed by atoms with Gasteiger partial charge in [0.05, 0.1) is 17.4 Å². The van der Waals surface area contributed by atoms with Crippen molar-refractivity contribution in [2.24, 2.45) is 0 Å². The molecule has 3 heterocycles. The second-order valence-corrected chi connectivity index (χ2v) is 17.6. The van der Waals surface area contributed by atoms with Gasteiger partial charge in [0.15, 0.2) is 8.32 Å². The third-order valence-corrected chi connectivity index (χ3v) is 13.0. The number of amides is 1. The number of nitrogens with zero attached hydrogens (tertiary/aromatic N) is 5. The number of nitrogens with one attached hydrogen (secondary N) is 2. The van der Waals surface area contributed by atoms with Gasteiger partial charge in [-0.15, -0.1) is 0 Å². The zero-order valence-electron chi connectivity index (χ0n) is 26.1. The van der Waals surface area contributed by atoms with Gasteiger partial charge < -0.3 is 19.8 Å². The van der Waals surface area contributed by atoms with E-state index < -0.39 is 14.1 Å². The maximum Gasteiger partial charge on any atom is 0.246 e. The number of likely N-dealkylation sites (tertiary alicyclic amines) is 1. The molecule has 0 bridgehead atoms. The topological polar surface area (TPSA) is 106 Å². The molecule has 2 aromatic heterocycles. The number of carbonyl (C=O) groups excluding carboxylic acids is 1. The predicted molar refractivity (Wildman–Crippen MR) is 173 cm³/mol. The van der Waals surface area contributed by atoms with E-state index in [9.17, 15) is 9.18 Å². The Morgan fingerprint density at radius 3 is 2.77 bits per heavy atom. The molecule has 0 saturated carbocycles. The van der Waals surface area contributed by atoms with Crippen LogP contribution in [0.3, 0.4) is 0 Å². The minimum atomic E-state index is -1.75. The highest BCUT2D eigenvalue weighted by Gasteiger charge is 2.37. The monoisotopic (exact) mass is 619 g/mol. The number of aromatic nitrogens is 4. The molecule has 44 heavy (non-hydrogen) atoms. The first-order chi connectivity index (χ1) is 21.0. The highest BCUT2D eigenvalue weighted by Crippen LogP contribution is 2.36. The quantitative estimate of drug-likeness (QED) is 0.180. The average molecular weight is 620 g/mol. The van der Waals surface area contributed by atoms with Gasteiger partial charge in [-0.3, -0.25) is 14.4 Å². The van der Waals surface area contributed by atoms with E-state index in [1.807, 2.05) is 18.2 Å². The maximum absolute atomic E-state index is 13.4. The summed E-state index contributed by atoms with van der Waals surface area (Å²) in [5.41, 5.74) is 1.82. The van der Waals surface area contributed by atoms with Crippen molar-refractivity contribution in [2.45, 2.75) is 64.3 Å². The predicted octanol–water partition coefficient (Wildman–Crippen LogP) is 6.21. The van der Waals surface area contributed by atoms with Crippen molar-refractivity contribution in [3.63, 3.8) is 0 Å². The summed E-state index contributed by atoms with van der Waals surface area (Å²) in [6.45, 7) is 14.8. The van der Waals surface area contributed by atoms with Crippen LogP contribution in [0.1, 0.15) is 33.6 Å². The molecule has 12 heteroatoms. The van der Waals surface area contributed by atoms with Crippen LogP contribution < -0.4 is 15.4 Å². The number of rotatable bonds is 12. The van der Waals surface area contributed by atoms with Crippen LogP contribution in [-0.4, -0.2) is 71.2 Å². The second-order valence-electron chi connectivity index (χ2n) is 12.8. The van der Waals surface area contributed by atoms with Crippen LogP contribution in [0, 0.1) is 5.82 Å². The maximum atomic E-state index is 13.4. The molecule has 1 atom stereocenters. The minimum Gasteiger partial charge on any atom is -0.492 e. The van der Waals surface area contributed by atoms with Crippen LogP contribution in [0.4, 0.5) is 21.6 Å². The molecule has 1 fully saturated rings. The van der Waals surface area contributed by atoms with Gasteiger partial charge in [0.1, 0.15) is 36.9 Å². The summed E-state index contributed by atoms with van der Waals surface area (Å²) in [7, 11) is -1.75. The first-order valence-corrected chi connectivity index (χ1v) is 18.0. The Morgan fingerprint density at radius 1 is 1.14 bits per heavy atom. The fourth-order valence-corrected chi connectivity index (χ4v) is 6.03. The van der Waals surface area contributed by atoms with Crippen LogP contribution in [0.15, 0.2) is 61.2 Å². The van der Waals surface area contributed by atoms with Crippen molar-refractivity contribution in [1.29, 1.82) is 0 Å². The molecule has 4 aromatic rings. The lowest BCUT2D eigenvalue weighted by atomic mass is 10.2. The van der Waals surface area contributed by atoms with E-state index in [-0.39, 0.29) is 17.5 Å². The van der Waals surface area contributed by atoms with Crippen molar-refractivity contribution >= 4 is 42.3 Å². The van der Waals surface area contributed by atoms with Crippen molar-refractivity contribution in [1.82, 2.24) is 24.6 Å². The number of fused-ring (bicyclic) bond motifs is 1. The Hall–Kier alpha value is -3.87. The summed E-state index contributed by atoms with van der Waals surface area (Å²) in [4.78, 5) is 23.7. The van der Waals surface area contributed by atoms with Gasteiger partial charge in [0.25, 0.3) is 0 Å². The zero-order valence-corrected chi connectivity index (χ0v) is 27.1. The van der Waals surface area contributed by atoms with Gasteiger partial charge >= 0.3 is 0 Å². The average Bonchev–Trinajstić information content (AvgIpc) is 3.60. The lowest BCUT2D eigenvalue weighted by molar-refractivity contribution is -0.116. The van der Waals surface area contributed by atoms with E-state index in [1.165, 1.54) is 29.6 Å². The molecule has 10 nitrogen and oxygen atoms in total. The Balaban J connectivity index is 1.15. The molecule has 1 aliphatic heterocycles. The number of benzene rings is 2. The highest BCUT2D eigenvalue weighted by atomic mass is 28.4. The molecule has 5 rings (SSSR count). The molecule has 1 amide bonds. The first-order valence-electron chi connectivity index (χ1n) is 15.1. The number of anilines is 3. The van der Waals surface area contributed by atoms with E-state index >= 15 is 0 Å². The standard InChI is InChI=1S/C32H42FN7O3Si/c1-32(2,3)44(4,5)43-15-14-39-13-7-10-26(39)21-42-27-11-12-28-29(17-27)34-22-35-31(28)38-25-18-36-40(19-25)20-30(41)37-24-9-6-8-23(33)16-24/h6,8-9,11-12,16-19,22,26H,7,10,13-15,20-21H2,1-5H3,(H,37,41)(H,34,35,38)/t26-/m0/s1. The van der Waals surface area contributed by atoms with E-state index in [4.69, 9.17) is 9.16 Å². The Labute approximate surface area is 259 Å². The summed E-state index contributed by atoms with van der Waals surface area (Å²) >= 11 is 0. The lowest BCUT2D eigenvalue weighted by Gasteiger charge is -2.37. The SMILES string of the molecule is CC(C)(C)[Si](C)(C)OCCN1CCC[C@H]1COc1ccc2c(Nc3cnn(CC(=O)Nc4cccc(F)c4)c3)ncnc2c1. The fraction of sp³-hybridized carbons (Fsp3) is 0.438. The van der Waals surface area contributed by atoms with E-state index in [0.29, 0.717) is 29.8 Å². The molecule has 234 valence electrons. The van der Waals surface area contributed by atoms with Gasteiger partial charge in [-0.1, -0.05) is 26.8 Å². The minimum absolute atomic E-state index is 0.0223. The summed E-state index contributed by atoms with van der Waals surface area (Å²) in [5, 5.41) is 11.2. The molecule has 1 saturated heterocycles. The second kappa shape index (κ2) is 13.4. The van der Waals surface area contributed by atoms with Crippen molar-refractivity contribution in [3.8, 4) is 5.75 Å². The van der Waals surface area contributed by atoms with E-state index in [1.54, 1.807) is 24.5 Å². The largest absolute Gasteiger partial charge is 0.492 e. The number of ether oxygens (including phenoxy) is 1. The lowest BCUT2D eigenvalue weighted by Crippen LogP contribution is -2.44. The molecule has 2 N–H and O–H groups in total. The van der Waals surface area contributed by atoms with Crippen LogP contribution in [0.2, 0.25) is 18.1 Å². The van der Waals surface area contributed by atoms with Gasteiger partial charge in [0.2, 0.25) is 5.91 Å². The molecule has 0 unspecified atom stereocenters. The Bertz CT molecular complexity index is 1590. The number of carbonyl (C=O) groups is 1. The third kappa shape index (κ3) is 7.99. The Kier molecular flexibility index (Phi) is 9.61. The van der Waals surface area contributed by atoms with Gasteiger partial charge in [-0.25, -0.2) is 14.4 Å². The normalized spacial score (nSPS) is 15.9. The number of halogens is 1. The van der Waals surface area contributed by atoms with Crippen molar-refractivity contribution in [3.05, 3.63) is 67.0 Å². The van der Waals surface area contributed by atoms with Crippen LogP contribution >= 0.6 is 0 Å². The summed E-state index contributed by atoms with van der Waals surface area (Å²) in [5.74, 6) is 0.658. The third-order valence-electron chi connectivity index (χ3n) is 8.51. The van der Waals surface area contributed by atoms with Crippen LogP contribution in [0.5, 0.6) is 5.75 Å². The van der Waals surface area contributed by atoms with Crippen molar-refractivity contribution < 1.29 is 18.3 Å². The molecule has 0 aliphatic carbocycles. The van der Waals surface area contributed by atoms with Crippen molar-refractivity contribution in [2.75, 3.05) is 36.9 Å². The number of hydrogen-bond donors (Lipinski definition) is 2. The van der Waals surface area contributed by atoms with Gasteiger partial charge in [-0.05, 0) is 67.9 Å². The molecule has 2 aromatic carbocycles. The highest BCUT2D eigenvalue weighted by molar-refractivity contribution is 6.74. The van der Waals surface area contributed by atoms with E-state index in [0.717, 1.165) is 42.8 Å². The molecule has 0 radical (unpaired) electrons. The summed E-state index contributed by atoms with van der Waals surface area (Å²) < 4.78 is 27.6. The van der Waals surface area contributed by atoms with Crippen LogP contribution in [-0.2, 0) is 15.8 Å². The molecular formula is C32H42FN7O3Si. The molecule has 0 spiro atoms. The smallest absolute Gasteiger partial charge is 0.246 e. The van der Waals surface area contributed by atoms with Crippen LogP contribution in [0.25, 0.3) is 10.9 Å².